The fraction of sp³-hybridized carbons (Fsp3) is 0.692. The third-order valence-electron chi connectivity index (χ3n) is 3.07. The van der Waals surface area contributed by atoms with E-state index in [4.69, 9.17) is 9.47 Å². The number of ether oxygens (including phenoxy) is 2. The van der Waals surface area contributed by atoms with Crippen LogP contribution in [0.15, 0.2) is 16.8 Å². The molecule has 0 aromatic carbocycles. The number of thiophene rings is 1. The van der Waals surface area contributed by atoms with Gasteiger partial charge in [-0.1, -0.05) is 0 Å². The topological polar surface area (TPSA) is 30.5 Å². The minimum atomic E-state index is 0.337. The molecule has 0 unspecified atom stereocenters. The summed E-state index contributed by atoms with van der Waals surface area (Å²) in [4.78, 5) is 0. The van der Waals surface area contributed by atoms with Crippen molar-refractivity contribution in [1.29, 1.82) is 0 Å². The summed E-state index contributed by atoms with van der Waals surface area (Å²) in [6.07, 6.45) is 2.67. The second-order valence-electron chi connectivity index (χ2n) is 4.44. The van der Waals surface area contributed by atoms with E-state index in [0.29, 0.717) is 12.1 Å². The Morgan fingerprint density at radius 1 is 1.65 bits per heavy atom. The molecule has 1 aliphatic rings. The molecular weight excluding hydrogens is 234 g/mol. The Balaban J connectivity index is 1.51. The van der Waals surface area contributed by atoms with E-state index in [9.17, 15) is 0 Å². The average molecular weight is 255 g/mol. The van der Waals surface area contributed by atoms with Crippen LogP contribution < -0.4 is 5.32 Å². The van der Waals surface area contributed by atoms with Gasteiger partial charge in [-0.15, -0.1) is 0 Å². The normalized spacial score (nSPS) is 21.8. The van der Waals surface area contributed by atoms with Crippen LogP contribution in [0.4, 0.5) is 0 Å². The van der Waals surface area contributed by atoms with Crippen molar-refractivity contribution in [2.45, 2.75) is 31.9 Å². The molecule has 0 aliphatic carbocycles. The molecule has 0 saturated carbocycles. The van der Waals surface area contributed by atoms with Gasteiger partial charge >= 0.3 is 0 Å². The lowest BCUT2D eigenvalue weighted by Crippen LogP contribution is -2.24. The predicted octanol–water partition coefficient (Wildman–Crippen LogP) is 2.59. The zero-order valence-electron chi connectivity index (χ0n) is 10.4. The molecule has 1 saturated heterocycles. The summed E-state index contributed by atoms with van der Waals surface area (Å²) >= 11 is 1.74. The molecule has 0 amide bonds. The molecule has 1 aromatic rings. The van der Waals surface area contributed by atoms with Gasteiger partial charge in [0.2, 0.25) is 0 Å². The fourth-order valence-electron chi connectivity index (χ4n) is 1.98. The van der Waals surface area contributed by atoms with E-state index in [-0.39, 0.29) is 0 Å². The summed E-state index contributed by atoms with van der Waals surface area (Å²) in [5, 5.41) is 7.75. The largest absolute Gasteiger partial charge is 0.377 e. The van der Waals surface area contributed by atoms with Gasteiger partial charge in [0.05, 0.1) is 19.3 Å². The maximum absolute atomic E-state index is 5.60. The first kappa shape index (κ1) is 13.0. The number of rotatable bonds is 7. The minimum Gasteiger partial charge on any atom is -0.377 e. The quantitative estimate of drug-likeness (QED) is 0.760. The summed E-state index contributed by atoms with van der Waals surface area (Å²) in [6, 6.07) is 2.57. The molecule has 1 N–H and O–H groups in total. The van der Waals surface area contributed by atoms with Gasteiger partial charge in [-0.2, -0.15) is 11.3 Å². The molecule has 3 nitrogen and oxygen atoms in total. The first-order valence-electron chi connectivity index (χ1n) is 6.31. The Kier molecular flexibility index (Phi) is 5.45. The van der Waals surface area contributed by atoms with Crippen LogP contribution in [0.3, 0.4) is 0 Å². The predicted molar refractivity (Wildman–Crippen MR) is 70.5 cm³/mol. The van der Waals surface area contributed by atoms with Gasteiger partial charge in [0, 0.05) is 19.2 Å². The van der Waals surface area contributed by atoms with Gasteiger partial charge < -0.3 is 14.8 Å². The van der Waals surface area contributed by atoms with Crippen molar-refractivity contribution in [2.75, 3.05) is 26.4 Å². The maximum Gasteiger partial charge on any atom is 0.0809 e. The lowest BCUT2D eigenvalue weighted by molar-refractivity contribution is 0.0179. The highest BCUT2D eigenvalue weighted by Gasteiger charge is 2.15. The minimum absolute atomic E-state index is 0.337. The van der Waals surface area contributed by atoms with Gasteiger partial charge in [0.15, 0.2) is 0 Å². The number of hydrogen-bond acceptors (Lipinski definition) is 4. The summed E-state index contributed by atoms with van der Waals surface area (Å²) in [6.45, 7) is 5.48. The van der Waals surface area contributed by atoms with Crippen LogP contribution in [0.1, 0.15) is 31.4 Å². The molecule has 96 valence electrons. The van der Waals surface area contributed by atoms with Crippen LogP contribution >= 0.6 is 11.3 Å². The third kappa shape index (κ3) is 4.39. The van der Waals surface area contributed by atoms with Crippen molar-refractivity contribution >= 4 is 11.3 Å². The highest BCUT2D eigenvalue weighted by molar-refractivity contribution is 7.07. The molecule has 0 spiro atoms. The van der Waals surface area contributed by atoms with Gasteiger partial charge in [-0.05, 0) is 42.2 Å². The molecule has 0 bridgehead atoms. The molecule has 1 aromatic heterocycles. The number of hydrogen-bond donors (Lipinski definition) is 1. The summed E-state index contributed by atoms with van der Waals surface area (Å²) in [7, 11) is 0. The SMILES string of the molecule is C[C@H](NCCOC[C@H]1CCCO1)c1ccsc1. The molecule has 1 fully saturated rings. The molecule has 2 atom stereocenters. The molecule has 0 radical (unpaired) electrons. The monoisotopic (exact) mass is 255 g/mol. The molecular formula is C13H21NO2S. The Morgan fingerprint density at radius 2 is 2.59 bits per heavy atom. The Hall–Kier alpha value is -0.420. The first-order valence-corrected chi connectivity index (χ1v) is 7.25. The lowest BCUT2D eigenvalue weighted by atomic mass is 10.2. The smallest absolute Gasteiger partial charge is 0.0809 e. The van der Waals surface area contributed by atoms with Crippen molar-refractivity contribution < 1.29 is 9.47 Å². The van der Waals surface area contributed by atoms with E-state index in [1.54, 1.807) is 11.3 Å². The van der Waals surface area contributed by atoms with E-state index in [2.05, 4.69) is 29.1 Å². The van der Waals surface area contributed by atoms with Gasteiger partial charge in [0.1, 0.15) is 0 Å². The average Bonchev–Trinajstić information content (AvgIpc) is 3.01. The maximum atomic E-state index is 5.60. The van der Waals surface area contributed by atoms with Crippen molar-refractivity contribution in [3.63, 3.8) is 0 Å². The van der Waals surface area contributed by atoms with Crippen LogP contribution in [-0.2, 0) is 9.47 Å². The van der Waals surface area contributed by atoms with E-state index < -0.39 is 0 Å². The lowest BCUT2D eigenvalue weighted by Gasteiger charge is -2.14. The zero-order valence-corrected chi connectivity index (χ0v) is 11.2. The van der Waals surface area contributed by atoms with E-state index in [1.165, 1.54) is 12.0 Å². The summed E-state index contributed by atoms with van der Waals surface area (Å²) in [5.74, 6) is 0. The van der Waals surface area contributed by atoms with Crippen LogP contribution in [0, 0.1) is 0 Å². The Morgan fingerprint density at radius 3 is 3.29 bits per heavy atom. The molecule has 17 heavy (non-hydrogen) atoms. The summed E-state index contributed by atoms with van der Waals surface area (Å²) in [5.41, 5.74) is 1.36. The fourth-order valence-corrected chi connectivity index (χ4v) is 2.73. The van der Waals surface area contributed by atoms with Crippen molar-refractivity contribution in [2.24, 2.45) is 0 Å². The highest BCUT2D eigenvalue weighted by atomic mass is 32.1. The molecule has 1 aliphatic heterocycles. The van der Waals surface area contributed by atoms with E-state index in [1.807, 2.05) is 0 Å². The Bertz CT molecular complexity index is 296. The highest BCUT2D eigenvalue weighted by Crippen LogP contribution is 2.15. The second kappa shape index (κ2) is 7.11. The van der Waals surface area contributed by atoms with E-state index >= 15 is 0 Å². The van der Waals surface area contributed by atoms with Gasteiger partial charge in [0.25, 0.3) is 0 Å². The first-order chi connectivity index (χ1) is 8.36. The zero-order chi connectivity index (χ0) is 11.9. The molecule has 2 heterocycles. The van der Waals surface area contributed by atoms with Crippen LogP contribution in [0.25, 0.3) is 0 Å². The molecule has 2 rings (SSSR count). The molecule has 4 heteroatoms. The third-order valence-corrected chi connectivity index (χ3v) is 3.77. The standard InChI is InChI=1S/C13H21NO2S/c1-11(12-4-8-17-10-12)14-5-7-15-9-13-3-2-6-16-13/h4,8,10-11,13-14H,2-3,5-7,9H2,1H3/t11-,13+/m0/s1. The number of nitrogens with one attached hydrogen (secondary N) is 1. The van der Waals surface area contributed by atoms with Gasteiger partial charge in [-0.3, -0.25) is 0 Å². The van der Waals surface area contributed by atoms with Crippen molar-refractivity contribution in [3.8, 4) is 0 Å². The van der Waals surface area contributed by atoms with Crippen LogP contribution in [0.2, 0.25) is 0 Å². The van der Waals surface area contributed by atoms with Gasteiger partial charge in [-0.25, -0.2) is 0 Å². The van der Waals surface area contributed by atoms with Crippen molar-refractivity contribution in [3.05, 3.63) is 22.4 Å². The second-order valence-corrected chi connectivity index (χ2v) is 5.22. The van der Waals surface area contributed by atoms with Crippen molar-refractivity contribution in [1.82, 2.24) is 5.32 Å². The van der Waals surface area contributed by atoms with Crippen LogP contribution in [0.5, 0.6) is 0 Å². The Labute approximate surface area is 107 Å². The summed E-state index contributed by atoms with van der Waals surface area (Å²) < 4.78 is 11.1. The van der Waals surface area contributed by atoms with E-state index in [0.717, 1.165) is 32.8 Å². The van der Waals surface area contributed by atoms with Crippen LogP contribution in [-0.4, -0.2) is 32.5 Å².